The Morgan fingerprint density at radius 3 is 2.39 bits per heavy atom. The molecule has 5 heteroatoms. The Balaban J connectivity index is 1.89. The molecule has 0 unspecified atom stereocenters. The summed E-state index contributed by atoms with van der Waals surface area (Å²) in [6.45, 7) is 4.98. The first-order chi connectivity index (χ1) is 11.0. The molecule has 0 radical (unpaired) electrons. The highest BCUT2D eigenvalue weighted by molar-refractivity contribution is 6.89. The zero-order valence-corrected chi connectivity index (χ0v) is 14.4. The third-order valence-corrected chi connectivity index (χ3v) is 7.22. The van der Waals surface area contributed by atoms with E-state index in [1.54, 1.807) is 24.3 Å². The predicted octanol–water partition coefficient (Wildman–Crippen LogP) is 3.27. The summed E-state index contributed by atoms with van der Waals surface area (Å²) in [5.41, 5.74) is 1.22. The molecule has 0 aromatic heterocycles. The Kier molecular flexibility index (Phi) is 5.70. The number of ether oxygens (including phenoxy) is 1. The van der Waals surface area contributed by atoms with Gasteiger partial charge in [-0.2, -0.15) is 0 Å². The number of benzene rings is 2. The third kappa shape index (κ3) is 4.79. The molecule has 0 fully saturated rings. The van der Waals surface area contributed by atoms with Crippen LogP contribution in [0, 0.1) is 0 Å². The average molecular weight is 327 g/mol. The van der Waals surface area contributed by atoms with Crippen LogP contribution in [0.1, 0.15) is 15.9 Å². The number of rotatable bonds is 6. The Hall–Kier alpha value is -2.40. The smallest absolute Gasteiger partial charge is 0.338 e. The highest BCUT2D eigenvalue weighted by Crippen LogP contribution is 2.11. The summed E-state index contributed by atoms with van der Waals surface area (Å²) < 4.78 is 5.40. The lowest BCUT2D eigenvalue weighted by molar-refractivity contribution is 0.0525. The second-order valence-corrected chi connectivity index (χ2v) is 10.8. The molecule has 23 heavy (non-hydrogen) atoms. The van der Waals surface area contributed by atoms with Crippen molar-refractivity contribution in [2.24, 2.45) is 5.16 Å². The van der Waals surface area contributed by atoms with Gasteiger partial charge in [-0.3, -0.25) is 0 Å². The van der Waals surface area contributed by atoms with Gasteiger partial charge in [-0.15, -0.1) is 0 Å². The van der Waals surface area contributed by atoms with Crippen molar-refractivity contribution in [1.29, 1.82) is 0 Å². The molecule has 1 N–H and O–H groups in total. The summed E-state index contributed by atoms with van der Waals surface area (Å²) in [6, 6.07) is 18.0. The van der Waals surface area contributed by atoms with Crippen LogP contribution in [-0.4, -0.2) is 32.1 Å². The van der Waals surface area contributed by atoms with Gasteiger partial charge in [0.25, 0.3) is 0 Å². The normalized spacial score (nSPS) is 11.6. The number of oxime groups is 1. The van der Waals surface area contributed by atoms with Gasteiger partial charge in [-0.05, 0) is 23.7 Å². The third-order valence-electron chi connectivity index (χ3n) is 3.87. The molecule has 0 aliphatic heterocycles. The zero-order chi connectivity index (χ0) is 16.7. The topological polar surface area (TPSA) is 58.9 Å². The quantitative estimate of drug-likeness (QED) is 0.291. The van der Waals surface area contributed by atoms with E-state index >= 15 is 0 Å². The minimum Gasteiger partial charge on any atom is -0.462 e. The maximum absolute atomic E-state index is 12.0. The molecule has 0 heterocycles. The first-order valence-electron chi connectivity index (χ1n) is 7.53. The van der Waals surface area contributed by atoms with Crippen molar-refractivity contribution in [1.82, 2.24) is 0 Å². The molecular weight excluding hydrogens is 306 g/mol. The van der Waals surface area contributed by atoms with Crippen LogP contribution in [-0.2, 0) is 4.74 Å². The molecule has 0 bridgehead atoms. The molecule has 0 amide bonds. The lowest BCUT2D eigenvalue weighted by atomic mass is 10.1. The van der Waals surface area contributed by atoms with Crippen molar-refractivity contribution in [3.05, 3.63) is 65.7 Å². The largest absolute Gasteiger partial charge is 0.462 e. The Bertz CT molecular complexity index is 666. The van der Waals surface area contributed by atoms with E-state index in [0.717, 1.165) is 11.6 Å². The van der Waals surface area contributed by atoms with Gasteiger partial charge in [0.2, 0.25) is 0 Å². The Morgan fingerprint density at radius 2 is 1.78 bits per heavy atom. The lowest BCUT2D eigenvalue weighted by Gasteiger charge is -2.22. The first kappa shape index (κ1) is 17.0. The van der Waals surface area contributed by atoms with E-state index in [1.165, 1.54) is 11.4 Å². The van der Waals surface area contributed by atoms with Gasteiger partial charge >= 0.3 is 5.97 Å². The number of carbonyl (C=O) groups is 1. The second-order valence-electron chi connectivity index (χ2n) is 6.00. The number of esters is 1. The maximum atomic E-state index is 12.0. The van der Waals surface area contributed by atoms with Gasteiger partial charge in [0.15, 0.2) is 0 Å². The summed E-state index contributed by atoms with van der Waals surface area (Å²) in [7, 11) is -1.59. The zero-order valence-electron chi connectivity index (χ0n) is 13.4. The van der Waals surface area contributed by atoms with Crippen LogP contribution in [0.15, 0.2) is 59.8 Å². The highest BCUT2D eigenvalue weighted by Gasteiger charge is 2.23. The van der Waals surface area contributed by atoms with Crippen LogP contribution in [0.4, 0.5) is 0 Å². The molecular formula is C18H21NO3Si. The minimum absolute atomic E-state index is 0.324. The van der Waals surface area contributed by atoms with Gasteiger partial charge in [0.1, 0.15) is 0 Å². The molecule has 2 aromatic rings. The van der Waals surface area contributed by atoms with E-state index in [-0.39, 0.29) is 5.97 Å². The number of hydrogen-bond donors (Lipinski definition) is 1. The monoisotopic (exact) mass is 327 g/mol. The Labute approximate surface area is 137 Å². The summed E-state index contributed by atoms with van der Waals surface area (Å²) in [6.07, 6.45) is 1.31. The lowest BCUT2D eigenvalue weighted by Crippen LogP contribution is -2.42. The number of nitrogens with zero attached hydrogens (tertiary/aromatic N) is 1. The van der Waals surface area contributed by atoms with Crippen molar-refractivity contribution in [3.8, 4) is 0 Å². The van der Waals surface area contributed by atoms with Crippen molar-refractivity contribution in [2.75, 3.05) is 6.61 Å². The summed E-state index contributed by atoms with van der Waals surface area (Å²) in [5.74, 6) is -0.324. The molecule has 4 nitrogen and oxygen atoms in total. The molecule has 0 atom stereocenters. The summed E-state index contributed by atoms with van der Waals surface area (Å²) >= 11 is 0. The second kappa shape index (κ2) is 7.74. The molecule has 120 valence electrons. The van der Waals surface area contributed by atoms with Crippen molar-refractivity contribution < 1.29 is 14.7 Å². The van der Waals surface area contributed by atoms with E-state index < -0.39 is 8.07 Å². The van der Waals surface area contributed by atoms with Crippen molar-refractivity contribution in [3.63, 3.8) is 0 Å². The van der Waals surface area contributed by atoms with Gasteiger partial charge in [-0.25, -0.2) is 4.79 Å². The molecule has 0 aliphatic carbocycles. The van der Waals surface area contributed by atoms with Crippen molar-refractivity contribution >= 4 is 25.4 Å². The van der Waals surface area contributed by atoms with Crippen molar-refractivity contribution in [2.45, 2.75) is 19.1 Å². The van der Waals surface area contributed by atoms with Crippen LogP contribution in [0.3, 0.4) is 0 Å². The van der Waals surface area contributed by atoms with Crippen LogP contribution in [0.5, 0.6) is 0 Å². The van der Waals surface area contributed by atoms with Crippen LogP contribution in [0.25, 0.3) is 0 Å². The highest BCUT2D eigenvalue weighted by atomic mass is 28.3. The van der Waals surface area contributed by atoms with E-state index in [4.69, 9.17) is 9.94 Å². The van der Waals surface area contributed by atoms with E-state index in [9.17, 15) is 4.79 Å². The summed E-state index contributed by atoms with van der Waals surface area (Å²) in [5, 5.41) is 12.8. The molecule has 2 rings (SSSR count). The SMILES string of the molecule is C[Si](C)(CCOC(=O)c1ccc(/C=N/O)cc1)c1ccccc1. The van der Waals surface area contributed by atoms with E-state index in [2.05, 4.69) is 30.4 Å². The maximum Gasteiger partial charge on any atom is 0.338 e. The standard InChI is InChI=1S/C18H21NO3Si/c1-23(2,17-6-4-3-5-7-17)13-12-22-18(20)16-10-8-15(9-11-16)14-19-21/h3-11,14,21H,12-13H2,1-2H3/b19-14+. The molecule has 0 saturated carbocycles. The first-order valence-corrected chi connectivity index (χ1v) is 10.7. The molecule has 0 aliphatic rings. The fraction of sp³-hybridized carbons (Fsp3) is 0.222. The van der Waals surface area contributed by atoms with Crippen LogP contribution >= 0.6 is 0 Å². The van der Waals surface area contributed by atoms with Gasteiger partial charge < -0.3 is 9.94 Å². The molecule has 0 saturated heterocycles. The van der Waals surface area contributed by atoms with Crippen LogP contribution < -0.4 is 5.19 Å². The molecule has 2 aromatic carbocycles. The Morgan fingerprint density at radius 1 is 1.13 bits per heavy atom. The van der Waals surface area contributed by atoms with Crippen LogP contribution in [0.2, 0.25) is 19.1 Å². The predicted molar refractivity (Wildman–Crippen MR) is 94.5 cm³/mol. The minimum atomic E-state index is -1.59. The van der Waals surface area contributed by atoms with Gasteiger partial charge in [0, 0.05) is 0 Å². The summed E-state index contributed by atoms with van der Waals surface area (Å²) in [4.78, 5) is 12.0. The fourth-order valence-corrected chi connectivity index (χ4v) is 4.28. The van der Waals surface area contributed by atoms with Gasteiger partial charge in [0.05, 0.1) is 26.5 Å². The van der Waals surface area contributed by atoms with Gasteiger partial charge in [-0.1, -0.05) is 65.9 Å². The number of carbonyl (C=O) groups excluding carboxylic acids is 1. The average Bonchev–Trinajstić information content (AvgIpc) is 2.56. The van der Waals surface area contributed by atoms with E-state index in [0.29, 0.717) is 12.2 Å². The number of hydrogen-bond acceptors (Lipinski definition) is 4. The fourth-order valence-electron chi connectivity index (χ4n) is 2.29. The molecule has 0 spiro atoms. The van der Waals surface area contributed by atoms with E-state index in [1.807, 2.05) is 18.2 Å².